The molecule has 1 heterocycles. The summed E-state index contributed by atoms with van der Waals surface area (Å²) in [6, 6.07) is 29.3. The largest absolute Gasteiger partial charge is 0.457 e. The zero-order valence-corrected chi connectivity index (χ0v) is 19.0. The number of nitrogens with one attached hydrogen (secondary N) is 1. The summed E-state index contributed by atoms with van der Waals surface area (Å²) in [5.74, 6) is 0.887. The minimum Gasteiger partial charge on any atom is -0.457 e. The second-order valence-electron chi connectivity index (χ2n) is 8.55. The number of carbonyl (C=O) groups excluding carboxylic acids is 2. The molecule has 0 aliphatic carbocycles. The van der Waals surface area contributed by atoms with E-state index in [4.69, 9.17) is 4.74 Å². The summed E-state index contributed by atoms with van der Waals surface area (Å²) >= 11 is 0. The maximum atomic E-state index is 12.8. The molecule has 4 aromatic carbocycles. The Bertz CT molecular complexity index is 1330. The number of hydrogen-bond donors (Lipinski definition) is 1. The van der Waals surface area contributed by atoms with Crippen LogP contribution >= 0.6 is 0 Å². The number of hydrogen-bond acceptors (Lipinski definition) is 3. The van der Waals surface area contributed by atoms with Gasteiger partial charge in [0.25, 0.3) is 0 Å². The van der Waals surface area contributed by atoms with Crippen LogP contribution in [0, 0.1) is 5.92 Å². The quantitative estimate of drug-likeness (QED) is 0.381. The topological polar surface area (TPSA) is 58.6 Å². The zero-order valence-electron chi connectivity index (χ0n) is 19.0. The van der Waals surface area contributed by atoms with Crippen molar-refractivity contribution in [2.45, 2.75) is 19.8 Å². The van der Waals surface area contributed by atoms with Gasteiger partial charge in [-0.05, 0) is 71.3 Å². The molecule has 0 unspecified atom stereocenters. The highest BCUT2D eigenvalue weighted by Crippen LogP contribution is 2.28. The second-order valence-corrected chi connectivity index (χ2v) is 8.55. The fraction of sp³-hybridized carbons (Fsp3) is 0.172. The van der Waals surface area contributed by atoms with Gasteiger partial charge in [0.15, 0.2) is 0 Å². The molecule has 1 fully saturated rings. The lowest BCUT2D eigenvalue weighted by atomic mass is 10.1. The molecule has 0 spiro atoms. The van der Waals surface area contributed by atoms with Crippen LogP contribution in [0.1, 0.15) is 18.9 Å². The van der Waals surface area contributed by atoms with Gasteiger partial charge < -0.3 is 15.0 Å². The van der Waals surface area contributed by atoms with Crippen LogP contribution in [-0.2, 0) is 16.0 Å². The maximum Gasteiger partial charge on any atom is 0.229 e. The van der Waals surface area contributed by atoms with Crippen LogP contribution < -0.4 is 15.0 Å². The molecule has 4 aromatic rings. The molecule has 2 amide bonds. The molecule has 0 aromatic heterocycles. The molecular formula is C29H26N2O3. The third-order valence-corrected chi connectivity index (χ3v) is 6.23. The van der Waals surface area contributed by atoms with E-state index < -0.39 is 0 Å². The summed E-state index contributed by atoms with van der Waals surface area (Å²) in [7, 11) is 0. The number of fused-ring (bicyclic) bond motifs is 1. The molecule has 170 valence electrons. The van der Waals surface area contributed by atoms with E-state index in [1.54, 1.807) is 4.90 Å². The van der Waals surface area contributed by atoms with E-state index in [1.165, 1.54) is 5.56 Å². The van der Waals surface area contributed by atoms with Gasteiger partial charge >= 0.3 is 0 Å². The minimum absolute atomic E-state index is 0.0245. The van der Waals surface area contributed by atoms with Crippen molar-refractivity contribution in [1.82, 2.24) is 0 Å². The molecule has 1 aliphatic heterocycles. The third kappa shape index (κ3) is 4.64. The summed E-state index contributed by atoms with van der Waals surface area (Å²) < 4.78 is 5.98. The summed E-state index contributed by atoms with van der Waals surface area (Å²) in [6.07, 6.45) is 1.16. The molecule has 1 atom stereocenters. The SMILES string of the molecule is CCc1ccc(N2C[C@H](C(=O)Nc3ccc(Oc4ccc5ccccc5c4)cc3)CC2=O)cc1. The van der Waals surface area contributed by atoms with Crippen LogP contribution in [0.5, 0.6) is 11.5 Å². The van der Waals surface area contributed by atoms with Crippen LogP contribution in [0.3, 0.4) is 0 Å². The average molecular weight is 451 g/mol. The third-order valence-electron chi connectivity index (χ3n) is 6.23. The second kappa shape index (κ2) is 9.40. The van der Waals surface area contributed by atoms with Gasteiger partial charge in [0.2, 0.25) is 11.8 Å². The highest BCUT2D eigenvalue weighted by Gasteiger charge is 2.35. The fourth-order valence-corrected chi connectivity index (χ4v) is 4.26. The highest BCUT2D eigenvalue weighted by atomic mass is 16.5. The Morgan fingerprint density at radius 1 is 0.912 bits per heavy atom. The summed E-state index contributed by atoms with van der Waals surface area (Å²) in [4.78, 5) is 27.0. The van der Waals surface area contributed by atoms with Gasteiger partial charge in [-0.2, -0.15) is 0 Å². The Labute approximate surface area is 199 Å². The van der Waals surface area contributed by atoms with Gasteiger partial charge in [-0.1, -0.05) is 49.4 Å². The molecule has 5 rings (SSSR count). The van der Waals surface area contributed by atoms with E-state index in [9.17, 15) is 9.59 Å². The summed E-state index contributed by atoms with van der Waals surface area (Å²) in [5, 5.41) is 5.21. The molecule has 0 bridgehead atoms. The minimum atomic E-state index is -0.383. The number of rotatable bonds is 6. The lowest BCUT2D eigenvalue weighted by molar-refractivity contribution is -0.122. The van der Waals surface area contributed by atoms with Gasteiger partial charge in [0.05, 0.1) is 5.92 Å². The van der Waals surface area contributed by atoms with Crippen molar-refractivity contribution >= 4 is 34.0 Å². The highest BCUT2D eigenvalue weighted by molar-refractivity contribution is 6.03. The standard InChI is InChI=1S/C29H26N2O3/c1-2-20-7-12-25(13-8-20)31-19-23(18-28(31)32)29(33)30-24-10-15-26(16-11-24)34-27-14-9-21-5-3-4-6-22(21)17-27/h3-17,23H,2,18-19H2,1H3,(H,30,33)/t23-/m1/s1. The lowest BCUT2D eigenvalue weighted by Gasteiger charge is -2.17. The van der Waals surface area contributed by atoms with Crippen molar-refractivity contribution < 1.29 is 14.3 Å². The molecule has 1 aliphatic rings. The van der Waals surface area contributed by atoms with Gasteiger partial charge in [-0.3, -0.25) is 9.59 Å². The van der Waals surface area contributed by atoms with Crippen LogP contribution in [0.25, 0.3) is 10.8 Å². The van der Waals surface area contributed by atoms with Crippen molar-refractivity contribution in [2.24, 2.45) is 5.92 Å². The predicted octanol–water partition coefficient (Wildman–Crippen LogP) is 6.19. The van der Waals surface area contributed by atoms with Crippen molar-refractivity contribution in [2.75, 3.05) is 16.8 Å². The Balaban J connectivity index is 1.20. The predicted molar refractivity (Wildman–Crippen MR) is 135 cm³/mol. The van der Waals surface area contributed by atoms with Gasteiger partial charge in [0, 0.05) is 24.3 Å². The first-order valence-electron chi connectivity index (χ1n) is 11.6. The van der Waals surface area contributed by atoms with E-state index >= 15 is 0 Å². The zero-order chi connectivity index (χ0) is 23.5. The number of nitrogens with zero attached hydrogens (tertiary/aromatic N) is 1. The number of amides is 2. The van der Waals surface area contributed by atoms with Gasteiger partial charge in [-0.15, -0.1) is 0 Å². The molecule has 1 saturated heterocycles. The molecule has 1 N–H and O–H groups in total. The van der Waals surface area contributed by atoms with Crippen LogP contribution in [-0.4, -0.2) is 18.4 Å². The smallest absolute Gasteiger partial charge is 0.229 e. The lowest BCUT2D eigenvalue weighted by Crippen LogP contribution is -2.28. The summed E-state index contributed by atoms with van der Waals surface area (Å²) in [6.45, 7) is 2.48. The van der Waals surface area contributed by atoms with Gasteiger partial charge in [-0.25, -0.2) is 0 Å². The molecule has 5 heteroatoms. The first-order chi connectivity index (χ1) is 16.6. The monoisotopic (exact) mass is 450 g/mol. The Morgan fingerprint density at radius 2 is 1.62 bits per heavy atom. The average Bonchev–Trinajstić information content (AvgIpc) is 3.27. The Hall–Kier alpha value is -4.12. The molecule has 5 nitrogen and oxygen atoms in total. The summed E-state index contributed by atoms with van der Waals surface area (Å²) in [5.41, 5.74) is 2.74. The van der Waals surface area contributed by atoms with Crippen molar-refractivity contribution in [1.29, 1.82) is 0 Å². The number of ether oxygens (including phenoxy) is 1. The fourth-order valence-electron chi connectivity index (χ4n) is 4.26. The normalized spacial score (nSPS) is 15.5. The van der Waals surface area contributed by atoms with Crippen molar-refractivity contribution in [3.05, 3.63) is 96.6 Å². The Kier molecular flexibility index (Phi) is 6.00. The van der Waals surface area contributed by atoms with Crippen LogP contribution in [0.15, 0.2) is 91.0 Å². The molecule has 0 saturated carbocycles. The number of benzene rings is 4. The first kappa shape index (κ1) is 21.7. The van der Waals surface area contributed by atoms with Crippen LogP contribution in [0.4, 0.5) is 11.4 Å². The van der Waals surface area contributed by atoms with Crippen molar-refractivity contribution in [3.8, 4) is 11.5 Å². The van der Waals surface area contributed by atoms with E-state index in [-0.39, 0.29) is 24.2 Å². The number of aryl methyl sites for hydroxylation is 1. The van der Waals surface area contributed by atoms with Gasteiger partial charge in [0.1, 0.15) is 11.5 Å². The molecule has 34 heavy (non-hydrogen) atoms. The van der Waals surface area contributed by atoms with Crippen molar-refractivity contribution in [3.63, 3.8) is 0 Å². The molecule has 0 radical (unpaired) electrons. The van der Waals surface area contributed by atoms with E-state index in [0.29, 0.717) is 18.0 Å². The first-order valence-corrected chi connectivity index (χ1v) is 11.6. The van der Waals surface area contributed by atoms with E-state index in [1.807, 2.05) is 78.9 Å². The maximum absolute atomic E-state index is 12.8. The molecular weight excluding hydrogens is 424 g/mol. The van der Waals surface area contributed by atoms with E-state index in [2.05, 4.69) is 24.4 Å². The number of anilines is 2. The Morgan fingerprint density at radius 3 is 2.35 bits per heavy atom. The van der Waals surface area contributed by atoms with E-state index in [0.717, 1.165) is 28.6 Å². The van der Waals surface area contributed by atoms with Crippen LogP contribution in [0.2, 0.25) is 0 Å². The number of carbonyl (C=O) groups is 2.